The van der Waals surface area contributed by atoms with Crippen LogP contribution >= 0.6 is 0 Å². The standard InChI is InChI=1S/C15H22O/c1-9-8-10-12-13(16)11(9)15(12,4)7-5-6-14(10,2)3/h8,10-12H,5-7H2,1-4H3/t10-,11+,12-,15+/m0/s1. The zero-order valence-corrected chi connectivity index (χ0v) is 10.8. The molecule has 0 heterocycles. The second-order valence-electron chi connectivity index (χ2n) is 7.10. The molecule has 2 saturated carbocycles. The van der Waals surface area contributed by atoms with Gasteiger partial charge in [0.05, 0.1) is 0 Å². The fourth-order valence-electron chi connectivity index (χ4n) is 4.79. The first-order chi connectivity index (χ1) is 7.38. The summed E-state index contributed by atoms with van der Waals surface area (Å²) in [5.41, 5.74) is 1.97. The third-order valence-corrected chi connectivity index (χ3v) is 5.66. The molecule has 4 aliphatic carbocycles. The van der Waals surface area contributed by atoms with Gasteiger partial charge in [-0.1, -0.05) is 38.8 Å². The van der Waals surface area contributed by atoms with E-state index in [1.165, 1.54) is 24.8 Å². The molecule has 0 saturated heterocycles. The summed E-state index contributed by atoms with van der Waals surface area (Å²) in [6.45, 7) is 9.22. The van der Waals surface area contributed by atoms with Crippen LogP contribution in [0, 0.1) is 28.6 Å². The zero-order chi connectivity index (χ0) is 11.7. The van der Waals surface area contributed by atoms with Gasteiger partial charge in [-0.05, 0) is 36.5 Å². The van der Waals surface area contributed by atoms with Gasteiger partial charge in [-0.3, -0.25) is 4.79 Å². The van der Waals surface area contributed by atoms with Gasteiger partial charge in [-0.25, -0.2) is 0 Å². The van der Waals surface area contributed by atoms with Crippen LogP contribution in [0.5, 0.6) is 0 Å². The Hall–Kier alpha value is -0.590. The summed E-state index contributed by atoms with van der Waals surface area (Å²) in [6, 6.07) is 0. The van der Waals surface area contributed by atoms with Crippen LogP contribution in [0.4, 0.5) is 0 Å². The maximum absolute atomic E-state index is 12.3. The molecule has 0 N–H and O–H groups in total. The summed E-state index contributed by atoms with van der Waals surface area (Å²) in [5.74, 6) is 1.64. The van der Waals surface area contributed by atoms with E-state index in [4.69, 9.17) is 0 Å². The molecular weight excluding hydrogens is 196 g/mol. The molecule has 0 unspecified atom stereocenters. The second kappa shape index (κ2) is 2.80. The van der Waals surface area contributed by atoms with E-state index in [0.717, 1.165) is 0 Å². The Morgan fingerprint density at radius 3 is 2.56 bits per heavy atom. The highest BCUT2D eigenvalue weighted by molar-refractivity contribution is 5.96. The summed E-state index contributed by atoms with van der Waals surface area (Å²) in [5, 5.41) is 0. The van der Waals surface area contributed by atoms with Crippen LogP contribution in [0.25, 0.3) is 0 Å². The summed E-state index contributed by atoms with van der Waals surface area (Å²) in [4.78, 5) is 12.3. The first-order valence-corrected chi connectivity index (χ1v) is 6.60. The molecule has 1 heteroatoms. The van der Waals surface area contributed by atoms with E-state index in [0.29, 0.717) is 28.4 Å². The van der Waals surface area contributed by atoms with Gasteiger partial charge in [-0.15, -0.1) is 0 Å². The Labute approximate surface area is 98.3 Å². The molecule has 2 fully saturated rings. The van der Waals surface area contributed by atoms with Gasteiger partial charge in [0.15, 0.2) is 0 Å². The van der Waals surface area contributed by atoms with Gasteiger partial charge in [0, 0.05) is 11.8 Å². The molecule has 0 aromatic rings. The zero-order valence-electron chi connectivity index (χ0n) is 10.8. The number of Topliss-reactive ketones (excluding diaryl/α,β-unsaturated/α-hetero) is 1. The minimum absolute atomic E-state index is 0.266. The highest BCUT2D eigenvalue weighted by Crippen LogP contribution is 2.66. The Bertz CT molecular complexity index is 390. The van der Waals surface area contributed by atoms with Crippen molar-refractivity contribution in [3.63, 3.8) is 0 Å². The Morgan fingerprint density at radius 2 is 1.94 bits per heavy atom. The maximum atomic E-state index is 12.3. The van der Waals surface area contributed by atoms with Crippen LogP contribution < -0.4 is 0 Å². The van der Waals surface area contributed by atoms with Crippen molar-refractivity contribution in [2.75, 3.05) is 0 Å². The van der Waals surface area contributed by atoms with Crippen LogP contribution in [-0.2, 0) is 4.79 Å². The fraction of sp³-hybridized carbons (Fsp3) is 0.800. The Morgan fingerprint density at radius 1 is 1.25 bits per heavy atom. The largest absolute Gasteiger partial charge is 0.299 e. The lowest BCUT2D eigenvalue weighted by Gasteiger charge is -2.60. The monoisotopic (exact) mass is 218 g/mol. The highest BCUT2D eigenvalue weighted by atomic mass is 16.1. The summed E-state index contributed by atoms with van der Waals surface area (Å²) >= 11 is 0. The van der Waals surface area contributed by atoms with E-state index >= 15 is 0 Å². The first-order valence-electron chi connectivity index (χ1n) is 6.60. The SMILES string of the molecule is CC1=C[C@H]2[C@H]3C(=O)[C@@H]1[C@@]3(C)CCCC2(C)C. The molecule has 88 valence electrons. The van der Waals surface area contributed by atoms with E-state index in [1.807, 2.05) is 0 Å². The van der Waals surface area contributed by atoms with Crippen molar-refractivity contribution in [1.82, 2.24) is 0 Å². The van der Waals surface area contributed by atoms with E-state index in [9.17, 15) is 4.79 Å². The number of carbonyl (C=O) groups excluding carboxylic acids is 1. The van der Waals surface area contributed by atoms with Crippen molar-refractivity contribution in [1.29, 1.82) is 0 Å². The maximum Gasteiger partial charge on any atom is 0.144 e. The van der Waals surface area contributed by atoms with Gasteiger partial charge in [0.1, 0.15) is 5.78 Å². The van der Waals surface area contributed by atoms with Crippen LogP contribution in [0.2, 0.25) is 0 Å². The average molecular weight is 218 g/mol. The van der Waals surface area contributed by atoms with Crippen molar-refractivity contribution < 1.29 is 4.79 Å². The van der Waals surface area contributed by atoms with Gasteiger partial charge in [-0.2, -0.15) is 0 Å². The van der Waals surface area contributed by atoms with E-state index in [1.54, 1.807) is 0 Å². The van der Waals surface area contributed by atoms with Gasteiger partial charge >= 0.3 is 0 Å². The quantitative estimate of drug-likeness (QED) is 0.568. The number of hydrogen-bond acceptors (Lipinski definition) is 1. The molecule has 0 aliphatic heterocycles. The van der Waals surface area contributed by atoms with E-state index in [-0.39, 0.29) is 5.92 Å². The molecule has 16 heavy (non-hydrogen) atoms. The van der Waals surface area contributed by atoms with Crippen molar-refractivity contribution in [3.8, 4) is 0 Å². The summed E-state index contributed by atoms with van der Waals surface area (Å²) in [7, 11) is 0. The molecule has 0 aromatic carbocycles. The fourth-order valence-corrected chi connectivity index (χ4v) is 4.79. The third-order valence-electron chi connectivity index (χ3n) is 5.66. The minimum Gasteiger partial charge on any atom is -0.299 e. The van der Waals surface area contributed by atoms with Crippen LogP contribution in [0.3, 0.4) is 0 Å². The van der Waals surface area contributed by atoms with Crippen LogP contribution in [0.1, 0.15) is 47.0 Å². The number of ketones is 1. The molecule has 0 amide bonds. The molecule has 1 nitrogen and oxygen atoms in total. The molecule has 4 rings (SSSR count). The van der Waals surface area contributed by atoms with Crippen LogP contribution in [0.15, 0.2) is 11.6 Å². The van der Waals surface area contributed by atoms with Gasteiger partial charge < -0.3 is 0 Å². The Kier molecular flexibility index (Phi) is 1.85. The topological polar surface area (TPSA) is 17.1 Å². The van der Waals surface area contributed by atoms with Crippen molar-refractivity contribution in [2.45, 2.75) is 47.0 Å². The van der Waals surface area contributed by atoms with E-state index in [2.05, 4.69) is 33.8 Å². The van der Waals surface area contributed by atoms with Crippen molar-refractivity contribution in [2.24, 2.45) is 28.6 Å². The molecule has 4 atom stereocenters. The lowest BCUT2D eigenvalue weighted by atomic mass is 9.42. The van der Waals surface area contributed by atoms with Crippen LogP contribution in [-0.4, -0.2) is 5.78 Å². The second-order valence-corrected chi connectivity index (χ2v) is 7.10. The molecule has 0 spiro atoms. The third kappa shape index (κ3) is 1.00. The number of allylic oxidation sites excluding steroid dienone is 2. The van der Waals surface area contributed by atoms with Gasteiger partial charge in [0.25, 0.3) is 0 Å². The number of carbonyl (C=O) groups is 1. The van der Waals surface area contributed by atoms with E-state index < -0.39 is 0 Å². The molecule has 4 bridgehead atoms. The predicted molar refractivity (Wildman–Crippen MR) is 65.0 cm³/mol. The Balaban J connectivity index is 2.15. The lowest BCUT2D eigenvalue weighted by molar-refractivity contribution is -0.159. The summed E-state index contributed by atoms with van der Waals surface area (Å²) < 4.78 is 0. The summed E-state index contributed by atoms with van der Waals surface area (Å²) in [6.07, 6.45) is 6.23. The number of rotatable bonds is 0. The number of hydrogen-bond donors (Lipinski definition) is 0. The predicted octanol–water partition coefficient (Wildman–Crippen LogP) is 3.59. The van der Waals surface area contributed by atoms with Gasteiger partial charge in [0.2, 0.25) is 0 Å². The normalized spacial score (nSPS) is 49.1. The average Bonchev–Trinajstić information content (AvgIpc) is 2.20. The highest BCUT2D eigenvalue weighted by Gasteiger charge is 2.66. The minimum atomic E-state index is 0.266. The first kappa shape index (κ1) is 10.6. The molecule has 4 aliphatic rings. The van der Waals surface area contributed by atoms with Crippen molar-refractivity contribution >= 4 is 5.78 Å². The smallest absolute Gasteiger partial charge is 0.144 e. The molecule has 0 aromatic heterocycles. The molecular formula is C15H22O. The molecule has 0 radical (unpaired) electrons. The lowest BCUT2D eigenvalue weighted by Crippen LogP contribution is -2.62. The van der Waals surface area contributed by atoms with Crippen molar-refractivity contribution in [3.05, 3.63) is 11.6 Å².